The Kier molecular flexibility index (Phi) is 11.3. The molecular formula is C40H36FN8O6S2+. The lowest BCUT2D eigenvalue weighted by atomic mass is 10.1. The number of benzene rings is 1. The van der Waals surface area contributed by atoms with E-state index in [1.807, 2.05) is 56.8 Å². The molecule has 0 unspecified atom stereocenters. The number of carbonyl (C=O) groups excluding carboxylic acids is 3. The van der Waals surface area contributed by atoms with Gasteiger partial charge < -0.3 is 29.5 Å². The van der Waals surface area contributed by atoms with Crippen LogP contribution in [0.4, 0.5) is 4.39 Å². The van der Waals surface area contributed by atoms with Gasteiger partial charge in [0.1, 0.15) is 23.9 Å². The van der Waals surface area contributed by atoms with Crippen LogP contribution in [0.25, 0.3) is 44.4 Å². The molecule has 6 aromatic heterocycles. The first-order valence-corrected chi connectivity index (χ1v) is 20.1. The normalized spacial score (nSPS) is 13.1. The molecule has 290 valence electrons. The summed E-state index contributed by atoms with van der Waals surface area (Å²) in [5.74, 6) is 0.0974. The van der Waals surface area contributed by atoms with Gasteiger partial charge in [-0.2, -0.15) is 0 Å². The summed E-state index contributed by atoms with van der Waals surface area (Å²) in [5.41, 5.74) is 3.05. The monoisotopic (exact) mass is 807 g/mol. The first kappa shape index (κ1) is 37.5. The Bertz CT molecular complexity index is 2520. The second-order valence-corrected chi connectivity index (χ2v) is 15.2. The number of nitrogens with one attached hydrogen (secondary N) is 3. The van der Waals surface area contributed by atoms with Crippen LogP contribution >= 0.6 is 22.7 Å². The van der Waals surface area contributed by atoms with Gasteiger partial charge in [0.25, 0.3) is 17.7 Å². The predicted molar refractivity (Wildman–Crippen MR) is 209 cm³/mol. The van der Waals surface area contributed by atoms with Crippen LogP contribution in [-0.2, 0) is 6.54 Å². The number of hydrogen-bond acceptors (Lipinski definition) is 11. The molecule has 1 aliphatic carbocycles. The van der Waals surface area contributed by atoms with Crippen LogP contribution in [0.2, 0.25) is 0 Å². The van der Waals surface area contributed by atoms with Crippen molar-refractivity contribution in [3.8, 4) is 38.3 Å². The number of carbonyl (C=O) groups is 3. The summed E-state index contributed by atoms with van der Waals surface area (Å²) in [6, 6.07) is 14.6. The highest BCUT2D eigenvalue weighted by Crippen LogP contribution is 2.30. The molecule has 57 heavy (non-hydrogen) atoms. The molecule has 7 aromatic rings. The topological polar surface area (TPSA) is 174 Å². The molecule has 17 heteroatoms. The number of nitrogens with zero attached hydrogens (tertiary/aromatic N) is 5. The highest BCUT2D eigenvalue weighted by Gasteiger charge is 2.22. The molecule has 1 saturated carbocycles. The van der Waals surface area contributed by atoms with Gasteiger partial charge in [-0.3, -0.25) is 14.4 Å². The Labute approximate surface area is 333 Å². The number of thiophene rings is 2. The van der Waals surface area contributed by atoms with Crippen LogP contribution < -0.4 is 20.5 Å². The summed E-state index contributed by atoms with van der Waals surface area (Å²) >= 11 is 2.95. The summed E-state index contributed by atoms with van der Waals surface area (Å²) in [7, 11) is 0. The van der Waals surface area contributed by atoms with Crippen molar-refractivity contribution in [3.05, 3.63) is 119 Å². The number of rotatable bonds is 15. The smallest absolute Gasteiger partial charge is 0.273 e. The minimum Gasteiger partial charge on any atom is -0.355 e. The number of imidazole rings is 1. The molecule has 0 atom stereocenters. The first-order chi connectivity index (χ1) is 27.8. The number of halogens is 1. The molecule has 0 saturated heterocycles. The second kappa shape index (κ2) is 17.1. The van der Waals surface area contributed by atoms with E-state index in [2.05, 4.69) is 31.4 Å². The van der Waals surface area contributed by atoms with Crippen molar-refractivity contribution in [2.45, 2.75) is 44.7 Å². The first-order valence-electron chi connectivity index (χ1n) is 18.3. The molecule has 3 amide bonds. The standard InChI is InChI=1S/C40H35FN8O6S2/c41-27-10-8-26(9-11-27)33-19-30(45-53-33)38(50)42-12-3-5-25-17-36(56-22-25)34-20-31(46-54-34)39(51)43-13-4-14-48-15-16-49(24-48)29-18-37(57-23-29)35-21-32(47-55-35)40(52)44-28-6-1-2-7-28/h3,5,8-11,15-24,28H,1-2,4,6-7,12-14H2,(H2-,42,43,44,50,51,52)/p+1. The zero-order valence-corrected chi connectivity index (χ0v) is 32.0. The Morgan fingerprint density at radius 3 is 2.23 bits per heavy atom. The van der Waals surface area contributed by atoms with Crippen molar-refractivity contribution < 1.29 is 36.9 Å². The molecule has 14 nitrogen and oxygen atoms in total. The van der Waals surface area contributed by atoms with Gasteiger partial charge in [-0.25, -0.2) is 13.5 Å². The molecule has 0 radical (unpaired) electrons. The Morgan fingerprint density at radius 2 is 1.47 bits per heavy atom. The Hall–Kier alpha value is -6.46. The van der Waals surface area contributed by atoms with Crippen molar-refractivity contribution in [1.82, 2.24) is 36.0 Å². The quantitative estimate of drug-likeness (QED) is 0.0734. The van der Waals surface area contributed by atoms with E-state index >= 15 is 0 Å². The molecule has 1 aliphatic rings. The van der Waals surface area contributed by atoms with Crippen molar-refractivity contribution in [3.63, 3.8) is 0 Å². The van der Waals surface area contributed by atoms with Gasteiger partial charge in [0.2, 0.25) is 6.33 Å². The van der Waals surface area contributed by atoms with Crippen LogP contribution in [0.3, 0.4) is 0 Å². The summed E-state index contributed by atoms with van der Waals surface area (Å²) in [5, 5.41) is 24.4. The lowest BCUT2D eigenvalue weighted by molar-refractivity contribution is -0.696. The van der Waals surface area contributed by atoms with Gasteiger partial charge >= 0.3 is 0 Å². The number of hydrogen-bond donors (Lipinski definition) is 3. The van der Waals surface area contributed by atoms with E-state index in [0.29, 0.717) is 42.4 Å². The maximum absolute atomic E-state index is 13.2. The third-order valence-corrected chi connectivity index (χ3v) is 11.2. The third-order valence-electron chi connectivity index (χ3n) is 9.30. The zero-order chi connectivity index (χ0) is 39.1. The summed E-state index contributed by atoms with van der Waals surface area (Å²) in [4.78, 5) is 39.5. The average Bonchev–Trinajstić information content (AvgIpc) is 4.05. The van der Waals surface area contributed by atoms with Gasteiger partial charge in [0.05, 0.1) is 16.3 Å². The largest absolute Gasteiger partial charge is 0.355 e. The minimum atomic E-state index is -0.404. The molecule has 0 bridgehead atoms. The summed E-state index contributed by atoms with van der Waals surface area (Å²) in [6.45, 7) is 1.38. The third kappa shape index (κ3) is 9.16. The zero-order valence-electron chi connectivity index (χ0n) is 30.4. The van der Waals surface area contributed by atoms with Crippen LogP contribution in [0, 0.1) is 5.82 Å². The predicted octanol–water partition coefficient (Wildman–Crippen LogP) is 6.93. The highest BCUT2D eigenvalue weighted by atomic mass is 32.1. The fourth-order valence-corrected chi connectivity index (χ4v) is 7.95. The average molecular weight is 808 g/mol. The van der Waals surface area contributed by atoms with E-state index in [-0.39, 0.29) is 47.3 Å². The number of aryl methyl sites for hydroxylation is 1. The fraction of sp³-hybridized carbons (Fsp3) is 0.225. The highest BCUT2D eigenvalue weighted by molar-refractivity contribution is 7.14. The van der Waals surface area contributed by atoms with Crippen molar-refractivity contribution >= 4 is 46.5 Å². The molecule has 0 spiro atoms. The molecule has 8 rings (SSSR count). The summed E-state index contributed by atoms with van der Waals surface area (Å²) < 4.78 is 33.4. The molecule has 6 heterocycles. The van der Waals surface area contributed by atoms with Gasteiger partial charge in [-0.05, 0) is 54.1 Å². The Balaban J connectivity index is 0.758. The van der Waals surface area contributed by atoms with Crippen molar-refractivity contribution in [2.75, 3.05) is 13.1 Å². The van der Waals surface area contributed by atoms with Crippen molar-refractivity contribution in [1.29, 1.82) is 0 Å². The van der Waals surface area contributed by atoms with Gasteiger partial charge in [0, 0.05) is 60.8 Å². The SMILES string of the molecule is O=C(NCC=Cc1csc(-c2cc(C(=O)NCCC[n+]3ccn(-c4csc(-c5cc(C(=O)NC6CCCC6)no5)c4)c3)no2)c1)c1cc(-c2ccc(F)cc2)on1. The molecule has 0 aliphatic heterocycles. The number of amides is 3. The molecule has 3 N–H and O–H groups in total. The van der Waals surface area contributed by atoms with Crippen LogP contribution in [0.5, 0.6) is 0 Å². The Morgan fingerprint density at radius 1 is 0.825 bits per heavy atom. The van der Waals surface area contributed by atoms with Gasteiger partial charge in [0.15, 0.2) is 34.4 Å². The van der Waals surface area contributed by atoms with Crippen LogP contribution in [-0.4, -0.2) is 56.9 Å². The lowest BCUT2D eigenvalue weighted by Crippen LogP contribution is -2.34. The van der Waals surface area contributed by atoms with E-state index in [4.69, 9.17) is 13.6 Å². The van der Waals surface area contributed by atoms with Gasteiger partial charge in [-0.15, -0.1) is 22.7 Å². The van der Waals surface area contributed by atoms with Crippen LogP contribution in [0.15, 0.2) is 104 Å². The minimum absolute atomic E-state index is 0.117. The lowest BCUT2D eigenvalue weighted by Gasteiger charge is -2.09. The van der Waals surface area contributed by atoms with E-state index < -0.39 is 5.91 Å². The molecular weight excluding hydrogens is 772 g/mol. The molecule has 1 aromatic carbocycles. The second-order valence-electron chi connectivity index (χ2n) is 13.4. The van der Waals surface area contributed by atoms with E-state index in [9.17, 15) is 18.8 Å². The van der Waals surface area contributed by atoms with Crippen LogP contribution in [0.1, 0.15) is 69.1 Å². The van der Waals surface area contributed by atoms with Gasteiger partial charge in [-0.1, -0.05) is 40.5 Å². The maximum atomic E-state index is 13.2. The van der Waals surface area contributed by atoms with Crippen molar-refractivity contribution in [2.24, 2.45) is 0 Å². The maximum Gasteiger partial charge on any atom is 0.273 e. The van der Waals surface area contributed by atoms with E-state index in [0.717, 1.165) is 46.7 Å². The van der Waals surface area contributed by atoms with E-state index in [1.54, 1.807) is 30.3 Å². The molecule has 1 fully saturated rings. The van der Waals surface area contributed by atoms with E-state index in [1.165, 1.54) is 40.9 Å². The number of aromatic nitrogens is 5. The fourth-order valence-electron chi connectivity index (χ4n) is 6.29. The summed E-state index contributed by atoms with van der Waals surface area (Å²) in [6.07, 6.45) is 14.5.